The van der Waals surface area contributed by atoms with Crippen LogP contribution in [-0.2, 0) is 33.2 Å². The lowest BCUT2D eigenvalue weighted by molar-refractivity contribution is -0.402. The van der Waals surface area contributed by atoms with Crippen molar-refractivity contribution >= 4 is 0 Å². The molecule has 20 heteroatoms. The van der Waals surface area contributed by atoms with Crippen LogP contribution in [-0.4, -0.2) is 210 Å². The first-order chi connectivity index (χ1) is 20.3. The largest absolute Gasteiger partial charge is 0.394 e. The number of ether oxygens (including phenoxy) is 7. The molecule has 4 saturated heterocycles. The lowest BCUT2D eigenvalue weighted by Crippen LogP contribution is -2.68. The minimum atomic E-state index is -1.99. The van der Waals surface area contributed by atoms with E-state index in [9.17, 15) is 66.4 Å². The molecule has 0 aliphatic carbocycles. The van der Waals surface area contributed by atoms with Gasteiger partial charge in [0.25, 0.3) is 0 Å². The van der Waals surface area contributed by atoms with Gasteiger partial charge < -0.3 is 99.5 Å². The molecule has 252 valence electrons. The summed E-state index contributed by atoms with van der Waals surface area (Å²) in [4.78, 5) is 0. The molecule has 0 spiro atoms. The van der Waals surface area contributed by atoms with Crippen molar-refractivity contribution in [2.75, 3.05) is 26.4 Å². The lowest BCUT2D eigenvalue weighted by Gasteiger charge is -2.50. The summed E-state index contributed by atoms with van der Waals surface area (Å²) in [7, 11) is 0. The standard InChI is InChI=1S/C23H40O20/c24-1-6-10(29)12(31)16(35)22(39-6)43-19-18(42-21-15(34)9(28)5(27)4-37-21)11(30)7(2-25)40-23(19)41-17-8(3-26)38-20(36)14(33)13(17)32/h5-36H,1-4H2/t5-,6-,7-,8-,9+,10-,11-,12+,13-,14-,15-,16-,17+,18+,19-,20?,21?,22+,23+/m1/s1. The Bertz CT molecular complexity index is 867. The van der Waals surface area contributed by atoms with Crippen LogP contribution in [0.2, 0.25) is 0 Å². The van der Waals surface area contributed by atoms with Gasteiger partial charge in [0.1, 0.15) is 91.6 Å². The van der Waals surface area contributed by atoms with Gasteiger partial charge in [-0.15, -0.1) is 0 Å². The van der Waals surface area contributed by atoms with Crippen molar-refractivity contribution in [3.63, 3.8) is 0 Å². The van der Waals surface area contributed by atoms with E-state index in [1.54, 1.807) is 0 Å². The van der Waals surface area contributed by atoms with Crippen molar-refractivity contribution in [3.8, 4) is 0 Å². The molecule has 0 aromatic carbocycles. The van der Waals surface area contributed by atoms with Gasteiger partial charge in [-0.1, -0.05) is 0 Å². The first-order valence-corrected chi connectivity index (χ1v) is 13.5. The van der Waals surface area contributed by atoms with E-state index in [2.05, 4.69) is 0 Å². The second kappa shape index (κ2) is 14.7. The van der Waals surface area contributed by atoms with Crippen molar-refractivity contribution in [1.29, 1.82) is 0 Å². The highest BCUT2D eigenvalue weighted by molar-refractivity contribution is 4.97. The quantitative estimate of drug-likeness (QED) is 0.112. The zero-order valence-corrected chi connectivity index (χ0v) is 22.5. The summed E-state index contributed by atoms with van der Waals surface area (Å²) in [5.74, 6) is 0. The molecule has 13 N–H and O–H groups in total. The van der Waals surface area contributed by atoms with E-state index < -0.39 is 143 Å². The Morgan fingerprint density at radius 2 is 0.977 bits per heavy atom. The maximum atomic E-state index is 11.1. The van der Waals surface area contributed by atoms with Crippen LogP contribution in [0.1, 0.15) is 0 Å². The molecule has 20 nitrogen and oxygen atoms in total. The smallest absolute Gasteiger partial charge is 0.187 e. The predicted molar refractivity (Wildman–Crippen MR) is 128 cm³/mol. The van der Waals surface area contributed by atoms with Gasteiger partial charge in [-0.3, -0.25) is 0 Å². The van der Waals surface area contributed by atoms with Gasteiger partial charge >= 0.3 is 0 Å². The van der Waals surface area contributed by atoms with Crippen molar-refractivity contribution < 1.29 is 99.5 Å². The van der Waals surface area contributed by atoms with Crippen LogP contribution >= 0.6 is 0 Å². The number of aliphatic hydroxyl groups excluding tert-OH is 13. The third-order valence-electron chi connectivity index (χ3n) is 7.81. The Morgan fingerprint density at radius 1 is 0.442 bits per heavy atom. The molecule has 2 unspecified atom stereocenters. The van der Waals surface area contributed by atoms with Gasteiger partial charge in [0.05, 0.1) is 26.4 Å². The molecule has 4 aliphatic rings. The molecule has 0 saturated carbocycles. The van der Waals surface area contributed by atoms with E-state index >= 15 is 0 Å². The molecular weight excluding hydrogens is 596 g/mol. The van der Waals surface area contributed by atoms with E-state index in [4.69, 9.17) is 33.2 Å². The second-order valence-corrected chi connectivity index (χ2v) is 10.7. The average molecular weight is 637 g/mol. The minimum absolute atomic E-state index is 0.520. The monoisotopic (exact) mass is 636 g/mol. The summed E-state index contributed by atoms with van der Waals surface area (Å²) >= 11 is 0. The highest BCUT2D eigenvalue weighted by Gasteiger charge is 2.55. The van der Waals surface area contributed by atoms with Crippen molar-refractivity contribution in [3.05, 3.63) is 0 Å². The van der Waals surface area contributed by atoms with Gasteiger partial charge in [-0.2, -0.15) is 0 Å². The van der Waals surface area contributed by atoms with Crippen molar-refractivity contribution in [1.82, 2.24) is 0 Å². The van der Waals surface area contributed by atoms with Crippen LogP contribution in [0.4, 0.5) is 0 Å². The maximum Gasteiger partial charge on any atom is 0.187 e. The summed E-state index contributed by atoms with van der Waals surface area (Å²) in [5, 5.41) is 132. The molecule has 4 rings (SSSR count). The molecule has 0 amide bonds. The number of hydrogen-bond acceptors (Lipinski definition) is 20. The fourth-order valence-electron chi connectivity index (χ4n) is 5.23. The zero-order chi connectivity index (χ0) is 31.7. The van der Waals surface area contributed by atoms with Crippen molar-refractivity contribution in [2.24, 2.45) is 0 Å². The average Bonchev–Trinajstić information content (AvgIpc) is 2.99. The second-order valence-electron chi connectivity index (χ2n) is 10.7. The van der Waals surface area contributed by atoms with Gasteiger partial charge in [-0.25, -0.2) is 0 Å². The van der Waals surface area contributed by atoms with Gasteiger partial charge in [0.2, 0.25) is 0 Å². The number of rotatable bonds is 9. The Labute approximate surface area is 243 Å². The number of hydrogen-bond donors (Lipinski definition) is 13. The Balaban J connectivity index is 1.68. The first kappa shape index (κ1) is 35.1. The van der Waals surface area contributed by atoms with Gasteiger partial charge in [-0.05, 0) is 0 Å². The van der Waals surface area contributed by atoms with Crippen molar-refractivity contribution in [2.45, 2.75) is 117 Å². The van der Waals surface area contributed by atoms with Crippen LogP contribution in [0.25, 0.3) is 0 Å². The first-order valence-electron chi connectivity index (χ1n) is 13.5. The highest BCUT2D eigenvalue weighted by Crippen LogP contribution is 2.35. The zero-order valence-electron chi connectivity index (χ0n) is 22.5. The lowest BCUT2D eigenvalue weighted by atomic mass is 9.95. The minimum Gasteiger partial charge on any atom is -0.394 e. The SMILES string of the molecule is OC[C@H]1O[C@@H](O[C@H]2[C@H](O[C@@H]3[C@H](O)[C@@H](O)C(O)O[C@@H]3CO)O[C@H](CO)[C@@H](O)[C@@H]2OC2OC[C@@H](O)[C@H](O)[C@H]2O)[C@H](O)[C@@H](O)[C@@H]1O. The van der Waals surface area contributed by atoms with Crippen LogP contribution < -0.4 is 0 Å². The van der Waals surface area contributed by atoms with E-state index in [1.165, 1.54) is 0 Å². The predicted octanol–water partition coefficient (Wildman–Crippen LogP) is -9.11. The third-order valence-corrected chi connectivity index (χ3v) is 7.81. The van der Waals surface area contributed by atoms with E-state index in [1.807, 2.05) is 0 Å². The van der Waals surface area contributed by atoms with E-state index in [0.29, 0.717) is 0 Å². The third kappa shape index (κ3) is 7.13. The summed E-state index contributed by atoms with van der Waals surface area (Å²) in [6.45, 7) is -3.11. The topological polar surface area (TPSA) is 328 Å². The van der Waals surface area contributed by atoms with E-state index in [-0.39, 0.29) is 0 Å². The Hall–Kier alpha value is -0.800. The molecule has 4 heterocycles. The molecule has 0 radical (unpaired) electrons. The fraction of sp³-hybridized carbons (Fsp3) is 1.00. The normalized spacial score (nSPS) is 53.1. The summed E-state index contributed by atoms with van der Waals surface area (Å²) < 4.78 is 38.6. The summed E-state index contributed by atoms with van der Waals surface area (Å²) in [6.07, 6.45) is -33.8. The molecule has 0 aromatic heterocycles. The fourth-order valence-corrected chi connectivity index (χ4v) is 5.23. The Kier molecular flexibility index (Phi) is 12.0. The Morgan fingerprint density at radius 3 is 1.60 bits per heavy atom. The molecule has 4 fully saturated rings. The van der Waals surface area contributed by atoms with Crippen LogP contribution in [0.15, 0.2) is 0 Å². The molecule has 4 aliphatic heterocycles. The van der Waals surface area contributed by atoms with Gasteiger partial charge in [0, 0.05) is 0 Å². The molecule has 0 aromatic rings. The summed E-state index contributed by atoms with van der Waals surface area (Å²) in [5.41, 5.74) is 0. The van der Waals surface area contributed by atoms with E-state index in [0.717, 1.165) is 0 Å². The maximum absolute atomic E-state index is 11.1. The highest BCUT2D eigenvalue weighted by atomic mass is 16.8. The molecule has 0 bridgehead atoms. The van der Waals surface area contributed by atoms with Crippen LogP contribution in [0.5, 0.6) is 0 Å². The number of aliphatic hydroxyl groups is 13. The van der Waals surface area contributed by atoms with Gasteiger partial charge in [0.15, 0.2) is 25.2 Å². The molecular formula is C23H40O20. The summed E-state index contributed by atoms with van der Waals surface area (Å²) in [6, 6.07) is 0. The van der Waals surface area contributed by atoms with Crippen LogP contribution in [0.3, 0.4) is 0 Å². The molecule has 19 atom stereocenters. The van der Waals surface area contributed by atoms with Crippen LogP contribution in [0, 0.1) is 0 Å². The molecule has 43 heavy (non-hydrogen) atoms.